The molecule has 0 atom stereocenters. The van der Waals surface area contributed by atoms with Crippen LogP contribution < -0.4 is 5.32 Å². The fourth-order valence-electron chi connectivity index (χ4n) is 3.12. The van der Waals surface area contributed by atoms with Gasteiger partial charge in [0.25, 0.3) is 0 Å². The van der Waals surface area contributed by atoms with Gasteiger partial charge in [-0.05, 0) is 43.2 Å². The van der Waals surface area contributed by atoms with Gasteiger partial charge in [0.1, 0.15) is 0 Å². The number of aromatic nitrogens is 3. The number of hydrogen-bond acceptors (Lipinski definition) is 5. The summed E-state index contributed by atoms with van der Waals surface area (Å²) in [7, 11) is 0. The normalized spacial score (nSPS) is 14.9. The summed E-state index contributed by atoms with van der Waals surface area (Å²) < 4.78 is 5.83. The highest BCUT2D eigenvalue weighted by molar-refractivity contribution is 6.42. The number of benzene rings is 1. The summed E-state index contributed by atoms with van der Waals surface area (Å²) in [5.41, 5.74) is 1.45. The summed E-state index contributed by atoms with van der Waals surface area (Å²) in [5.74, 6) is 1.23. The third-order valence-electron chi connectivity index (χ3n) is 4.67. The van der Waals surface area contributed by atoms with Crippen molar-refractivity contribution in [2.24, 2.45) is 0 Å². The Morgan fingerprint density at radius 1 is 1.07 bits per heavy atom. The fraction of sp³-hybridized carbons (Fsp3) is 0.263. The SMILES string of the molecule is O=C(Nc1ccc(Cl)c(Cl)c1)N1CCC(c2nnc(-c3ccncc3)o2)CC1. The molecule has 0 saturated carbocycles. The third-order valence-corrected chi connectivity index (χ3v) is 5.41. The molecule has 1 N–H and O–H groups in total. The van der Waals surface area contributed by atoms with Gasteiger partial charge in [-0.1, -0.05) is 23.2 Å². The van der Waals surface area contributed by atoms with Crippen LogP contribution in [0, 0.1) is 0 Å². The molecule has 1 aliphatic rings. The minimum absolute atomic E-state index is 0.136. The van der Waals surface area contributed by atoms with Gasteiger partial charge in [0.15, 0.2) is 0 Å². The number of hydrogen-bond donors (Lipinski definition) is 1. The number of pyridine rings is 1. The van der Waals surface area contributed by atoms with Crippen molar-refractivity contribution in [2.45, 2.75) is 18.8 Å². The maximum Gasteiger partial charge on any atom is 0.321 e. The number of urea groups is 1. The number of amides is 2. The number of piperidine rings is 1. The summed E-state index contributed by atoms with van der Waals surface area (Å²) in [6.07, 6.45) is 4.88. The fourth-order valence-corrected chi connectivity index (χ4v) is 3.41. The van der Waals surface area contributed by atoms with Crippen molar-refractivity contribution in [1.82, 2.24) is 20.1 Å². The number of nitrogens with one attached hydrogen (secondary N) is 1. The van der Waals surface area contributed by atoms with Crippen LogP contribution in [0.15, 0.2) is 47.1 Å². The number of rotatable bonds is 3. The molecule has 1 fully saturated rings. The third kappa shape index (κ3) is 4.10. The van der Waals surface area contributed by atoms with Crippen LogP contribution in [0.4, 0.5) is 10.5 Å². The molecule has 0 spiro atoms. The van der Waals surface area contributed by atoms with E-state index in [1.807, 2.05) is 12.1 Å². The zero-order valence-electron chi connectivity index (χ0n) is 14.8. The van der Waals surface area contributed by atoms with E-state index >= 15 is 0 Å². The first-order valence-electron chi connectivity index (χ1n) is 8.85. The molecule has 7 nitrogen and oxygen atoms in total. The number of carbonyl (C=O) groups is 1. The summed E-state index contributed by atoms with van der Waals surface area (Å²) >= 11 is 11.9. The maximum atomic E-state index is 12.5. The Bertz CT molecular complexity index is 971. The van der Waals surface area contributed by atoms with Crippen molar-refractivity contribution >= 4 is 34.9 Å². The first-order valence-corrected chi connectivity index (χ1v) is 9.60. The van der Waals surface area contributed by atoms with Gasteiger partial charge in [-0.2, -0.15) is 0 Å². The molecule has 3 aromatic rings. The lowest BCUT2D eigenvalue weighted by atomic mass is 9.97. The van der Waals surface area contributed by atoms with E-state index < -0.39 is 0 Å². The molecule has 0 aliphatic carbocycles. The molecule has 0 radical (unpaired) electrons. The minimum Gasteiger partial charge on any atom is -0.420 e. The molecule has 2 aromatic heterocycles. The van der Waals surface area contributed by atoms with Crippen LogP contribution in [0.3, 0.4) is 0 Å². The zero-order valence-corrected chi connectivity index (χ0v) is 16.3. The number of anilines is 1. The van der Waals surface area contributed by atoms with Crippen molar-refractivity contribution in [3.05, 3.63) is 58.7 Å². The predicted octanol–water partition coefficient (Wildman–Crippen LogP) is 4.85. The molecule has 0 unspecified atom stereocenters. The van der Waals surface area contributed by atoms with E-state index in [1.54, 1.807) is 35.5 Å². The van der Waals surface area contributed by atoms with Gasteiger partial charge in [0, 0.05) is 42.7 Å². The molecule has 0 bridgehead atoms. The molecule has 4 rings (SSSR count). The van der Waals surface area contributed by atoms with E-state index in [9.17, 15) is 4.79 Å². The van der Waals surface area contributed by atoms with E-state index in [0.29, 0.717) is 40.6 Å². The van der Waals surface area contributed by atoms with Gasteiger partial charge < -0.3 is 14.6 Å². The van der Waals surface area contributed by atoms with Crippen LogP contribution in [0.2, 0.25) is 10.0 Å². The average molecular weight is 418 g/mol. The van der Waals surface area contributed by atoms with Crippen molar-refractivity contribution in [1.29, 1.82) is 0 Å². The predicted molar refractivity (Wildman–Crippen MR) is 107 cm³/mol. The summed E-state index contributed by atoms with van der Waals surface area (Å²) in [6, 6.07) is 8.49. The van der Waals surface area contributed by atoms with E-state index in [-0.39, 0.29) is 11.9 Å². The zero-order chi connectivity index (χ0) is 19.5. The minimum atomic E-state index is -0.167. The Labute approximate surface area is 171 Å². The van der Waals surface area contributed by atoms with E-state index in [4.69, 9.17) is 27.6 Å². The smallest absolute Gasteiger partial charge is 0.321 e. The second-order valence-electron chi connectivity index (χ2n) is 6.50. The summed E-state index contributed by atoms with van der Waals surface area (Å²) in [4.78, 5) is 18.2. The Balaban J connectivity index is 1.35. The highest BCUT2D eigenvalue weighted by atomic mass is 35.5. The Kier molecular flexibility index (Phi) is 5.45. The maximum absolute atomic E-state index is 12.5. The first kappa shape index (κ1) is 18.7. The average Bonchev–Trinajstić information content (AvgIpc) is 3.22. The highest BCUT2D eigenvalue weighted by Gasteiger charge is 2.27. The highest BCUT2D eigenvalue weighted by Crippen LogP contribution is 2.30. The van der Waals surface area contributed by atoms with E-state index in [1.165, 1.54) is 0 Å². The molecule has 9 heteroatoms. The van der Waals surface area contributed by atoms with Crippen LogP contribution in [0.1, 0.15) is 24.7 Å². The molecular formula is C19H17Cl2N5O2. The first-order chi connectivity index (χ1) is 13.6. The van der Waals surface area contributed by atoms with Crippen LogP contribution in [0.25, 0.3) is 11.5 Å². The molecule has 1 aromatic carbocycles. The molecule has 28 heavy (non-hydrogen) atoms. The topological polar surface area (TPSA) is 84.2 Å². The second kappa shape index (κ2) is 8.16. The Hall–Kier alpha value is -2.64. The van der Waals surface area contributed by atoms with Crippen LogP contribution in [-0.2, 0) is 0 Å². The quantitative estimate of drug-likeness (QED) is 0.658. The molecule has 1 saturated heterocycles. The van der Waals surface area contributed by atoms with Crippen LogP contribution in [-0.4, -0.2) is 39.2 Å². The van der Waals surface area contributed by atoms with Crippen molar-refractivity contribution in [3.8, 4) is 11.5 Å². The number of nitrogens with zero attached hydrogens (tertiary/aromatic N) is 4. The Morgan fingerprint density at radius 2 is 1.82 bits per heavy atom. The largest absolute Gasteiger partial charge is 0.420 e. The van der Waals surface area contributed by atoms with E-state index in [2.05, 4.69) is 20.5 Å². The molecular weight excluding hydrogens is 401 g/mol. The molecule has 1 aliphatic heterocycles. The number of halogens is 2. The number of carbonyl (C=O) groups excluding carboxylic acids is 1. The number of likely N-dealkylation sites (tertiary alicyclic amines) is 1. The lowest BCUT2D eigenvalue weighted by molar-refractivity contribution is 0.190. The van der Waals surface area contributed by atoms with Crippen molar-refractivity contribution in [3.63, 3.8) is 0 Å². The van der Waals surface area contributed by atoms with Gasteiger partial charge >= 0.3 is 6.03 Å². The lowest BCUT2D eigenvalue weighted by Gasteiger charge is -2.30. The molecule has 3 heterocycles. The summed E-state index contributed by atoms with van der Waals surface area (Å²) in [5, 5.41) is 12.0. The lowest BCUT2D eigenvalue weighted by Crippen LogP contribution is -2.40. The van der Waals surface area contributed by atoms with Crippen molar-refractivity contribution in [2.75, 3.05) is 18.4 Å². The van der Waals surface area contributed by atoms with E-state index in [0.717, 1.165) is 18.4 Å². The van der Waals surface area contributed by atoms with Crippen LogP contribution >= 0.6 is 23.2 Å². The van der Waals surface area contributed by atoms with Gasteiger partial charge in [-0.3, -0.25) is 4.98 Å². The molecule has 2 amide bonds. The monoisotopic (exact) mass is 417 g/mol. The standard InChI is InChI=1S/C19H17Cl2N5O2/c20-15-2-1-14(11-16(15)21)23-19(27)26-9-5-13(6-10-26)18-25-24-17(28-18)12-3-7-22-8-4-12/h1-4,7-8,11,13H,5-6,9-10H2,(H,23,27). The van der Waals surface area contributed by atoms with Crippen LogP contribution in [0.5, 0.6) is 0 Å². The Morgan fingerprint density at radius 3 is 2.54 bits per heavy atom. The van der Waals surface area contributed by atoms with Gasteiger partial charge in [0.2, 0.25) is 11.8 Å². The second-order valence-corrected chi connectivity index (χ2v) is 7.32. The summed E-state index contributed by atoms with van der Waals surface area (Å²) in [6.45, 7) is 1.20. The van der Waals surface area contributed by atoms with Gasteiger partial charge in [-0.25, -0.2) is 4.79 Å². The van der Waals surface area contributed by atoms with Gasteiger partial charge in [0.05, 0.1) is 10.0 Å². The molecule has 144 valence electrons. The van der Waals surface area contributed by atoms with Crippen molar-refractivity contribution < 1.29 is 9.21 Å². The van der Waals surface area contributed by atoms with Gasteiger partial charge in [-0.15, -0.1) is 10.2 Å².